The highest BCUT2D eigenvalue weighted by molar-refractivity contribution is 6.33. The Bertz CT molecular complexity index is 439. The summed E-state index contributed by atoms with van der Waals surface area (Å²) in [7, 11) is 0. The average Bonchev–Trinajstić information content (AvgIpc) is 2.76. The zero-order chi connectivity index (χ0) is 12.4. The number of hydrogen-bond acceptors (Lipinski definition) is 4. The second-order valence-electron chi connectivity index (χ2n) is 4.04. The first-order valence-corrected chi connectivity index (χ1v) is 5.83. The molecular formula is C11H13ClN2O3. The highest BCUT2D eigenvalue weighted by Crippen LogP contribution is 2.38. The number of halogens is 1. The Balaban J connectivity index is 2.46. The van der Waals surface area contributed by atoms with Crippen molar-refractivity contribution in [3.05, 3.63) is 33.3 Å². The predicted octanol–water partition coefficient (Wildman–Crippen LogP) is 2.21. The van der Waals surface area contributed by atoms with Gasteiger partial charge in [0.2, 0.25) is 0 Å². The van der Waals surface area contributed by atoms with E-state index in [9.17, 15) is 15.2 Å². The summed E-state index contributed by atoms with van der Waals surface area (Å²) in [5, 5.41) is 20.6. The first-order chi connectivity index (χ1) is 8.15. The van der Waals surface area contributed by atoms with Crippen LogP contribution in [0.4, 0.5) is 11.4 Å². The Morgan fingerprint density at radius 2 is 2.35 bits per heavy atom. The molecule has 1 heterocycles. The van der Waals surface area contributed by atoms with Crippen molar-refractivity contribution in [2.24, 2.45) is 0 Å². The second kappa shape index (κ2) is 4.89. The van der Waals surface area contributed by atoms with E-state index in [2.05, 4.69) is 0 Å². The fraction of sp³-hybridized carbons (Fsp3) is 0.455. The van der Waals surface area contributed by atoms with Crippen LogP contribution in [0.2, 0.25) is 5.02 Å². The topological polar surface area (TPSA) is 66.6 Å². The Kier molecular flexibility index (Phi) is 3.49. The Labute approximate surface area is 104 Å². The van der Waals surface area contributed by atoms with E-state index in [1.165, 1.54) is 6.07 Å². The van der Waals surface area contributed by atoms with Gasteiger partial charge >= 0.3 is 0 Å². The molecule has 1 unspecified atom stereocenters. The molecule has 0 spiro atoms. The van der Waals surface area contributed by atoms with Gasteiger partial charge in [-0.2, -0.15) is 0 Å². The number of benzene rings is 1. The van der Waals surface area contributed by atoms with E-state index in [0.29, 0.717) is 17.3 Å². The molecule has 5 nitrogen and oxygen atoms in total. The van der Waals surface area contributed by atoms with Gasteiger partial charge in [0.25, 0.3) is 5.69 Å². The lowest BCUT2D eigenvalue weighted by molar-refractivity contribution is -0.384. The van der Waals surface area contributed by atoms with E-state index in [-0.39, 0.29) is 18.3 Å². The summed E-state index contributed by atoms with van der Waals surface area (Å²) in [6.45, 7) is 0.679. The number of nitro benzene ring substituents is 1. The van der Waals surface area contributed by atoms with Crippen LogP contribution in [0.5, 0.6) is 0 Å². The van der Waals surface area contributed by atoms with Gasteiger partial charge in [-0.05, 0) is 18.9 Å². The molecule has 2 rings (SSSR count). The standard InChI is InChI=1S/C11H13ClN2O3/c12-9-4-1-5-10(14(16)17)11(9)13-6-2-3-8(13)7-15/h1,4-5,8,15H,2-3,6-7H2. The summed E-state index contributed by atoms with van der Waals surface area (Å²) >= 11 is 6.05. The molecule has 0 saturated carbocycles. The van der Waals surface area contributed by atoms with E-state index >= 15 is 0 Å². The van der Waals surface area contributed by atoms with Crippen molar-refractivity contribution in [1.29, 1.82) is 0 Å². The number of anilines is 1. The molecule has 17 heavy (non-hydrogen) atoms. The highest BCUT2D eigenvalue weighted by atomic mass is 35.5. The number of aliphatic hydroxyl groups is 1. The van der Waals surface area contributed by atoms with Crippen LogP contribution < -0.4 is 4.90 Å². The van der Waals surface area contributed by atoms with Crippen LogP contribution in [-0.4, -0.2) is 29.2 Å². The molecule has 92 valence electrons. The zero-order valence-corrected chi connectivity index (χ0v) is 9.93. The van der Waals surface area contributed by atoms with Crippen LogP contribution in [0, 0.1) is 10.1 Å². The summed E-state index contributed by atoms with van der Waals surface area (Å²) < 4.78 is 0. The predicted molar refractivity (Wildman–Crippen MR) is 65.6 cm³/mol. The molecule has 1 saturated heterocycles. The maximum absolute atomic E-state index is 11.0. The molecule has 1 fully saturated rings. The third-order valence-electron chi connectivity index (χ3n) is 3.04. The van der Waals surface area contributed by atoms with Crippen LogP contribution >= 0.6 is 11.6 Å². The van der Waals surface area contributed by atoms with Gasteiger partial charge in [0.05, 0.1) is 22.6 Å². The van der Waals surface area contributed by atoms with E-state index in [4.69, 9.17) is 11.6 Å². The summed E-state index contributed by atoms with van der Waals surface area (Å²) in [6, 6.07) is 4.56. The normalized spacial score (nSPS) is 19.6. The molecule has 0 radical (unpaired) electrons. The minimum atomic E-state index is -0.437. The molecule has 1 N–H and O–H groups in total. The minimum Gasteiger partial charge on any atom is -0.394 e. The average molecular weight is 257 g/mol. The van der Waals surface area contributed by atoms with Gasteiger partial charge in [-0.3, -0.25) is 10.1 Å². The third-order valence-corrected chi connectivity index (χ3v) is 3.34. The molecule has 1 aromatic rings. The quantitative estimate of drug-likeness (QED) is 0.665. The maximum atomic E-state index is 11.0. The fourth-order valence-corrected chi connectivity index (χ4v) is 2.53. The molecule has 0 amide bonds. The van der Waals surface area contributed by atoms with Gasteiger partial charge in [-0.1, -0.05) is 17.7 Å². The van der Waals surface area contributed by atoms with Gasteiger partial charge in [-0.15, -0.1) is 0 Å². The van der Waals surface area contributed by atoms with Gasteiger partial charge < -0.3 is 10.0 Å². The second-order valence-corrected chi connectivity index (χ2v) is 4.44. The number of para-hydroxylation sites is 1. The zero-order valence-electron chi connectivity index (χ0n) is 9.17. The van der Waals surface area contributed by atoms with Gasteiger partial charge in [0, 0.05) is 12.6 Å². The molecule has 1 aliphatic heterocycles. The summed E-state index contributed by atoms with van der Waals surface area (Å²) in [4.78, 5) is 12.4. The van der Waals surface area contributed by atoms with Crippen molar-refractivity contribution < 1.29 is 10.0 Å². The number of rotatable bonds is 3. The SMILES string of the molecule is O=[N+]([O-])c1cccc(Cl)c1N1CCCC1CO. The molecule has 1 atom stereocenters. The highest BCUT2D eigenvalue weighted by Gasteiger charge is 2.30. The van der Waals surface area contributed by atoms with Crippen LogP contribution in [0.1, 0.15) is 12.8 Å². The number of aliphatic hydroxyl groups excluding tert-OH is 1. The molecule has 0 aromatic heterocycles. The van der Waals surface area contributed by atoms with E-state index in [1.807, 2.05) is 4.90 Å². The van der Waals surface area contributed by atoms with Crippen LogP contribution in [0.15, 0.2) is 18.2 Å². The third kappa shape index (κ3) is 2.21. The lowest BCUT2D eigenvalue weighted by atomic mass is 10.2. The van der Waals surface area contributed by atoms with Crippen molar-refractivity contribution in [1.82, 2.24) is 0 Å². The van der Waals surface area contributed by atoms with E-state index < -0.39 is 4.92 Å². The first kappa shape index (κ1) is 12.1. The van der Waals surface area contributed by atoms with Crippen LogP contribution in [0.3, 0.4) is 0 Å². The monoisotopic (exact) mass is 256 g/mol. The lowest BCUT2D eigenvalue weighted by Crippen LogP contribution is -2.32. The molecule has 6 heteroatoms. The lowest BCUT2D eigenvalue weighted by Gasteiger charge is -2.25. The van der Waals surface area contributed by atoms with E-state index in [0.717, 1.165) is 12.8 Å². The molecule has 0 bridgehead atoms. The van der Waals surface area contributed by atoms with Crippen molar-refractivity contribution in [2.75, 3.05) is 18.1 Å². The Morgan fingerprint density at radius 1 is 1.59 bits per heavy atom. The molecular weight excluding hydrogens is 244 g/mol. The number of nitrogens with zero attached hydrogens (tertiary/aromatic N) is 2. The summed E-state index contributed by atoms with van der Waals surface area (Å²) in [6.07, 6.45) is 1.74. The van der Waals surface area contributed by atoms with Gasteiger partial charge in [-0.25, -0.2) is 0 Å². The van der Waals surface area contributed by atoms with Crippen molar-refractivity contribution in [3.63, 3.8) is 0 Å². The first-order valence-electron chi connectivity index (χ1n) is 5.45. The molecule has 1 aromatic carbocycles. The van der Waals surface area contributed by atoms with Gasteiger partial charge in [0.15, 0.2) is 0 Å². The maximum Gasteiger partial charge on any atom is 0.294 e. The molecule has 0 aliphatic carbocycles. The minimum absolute atomic E-state index is 0.00199. The summed E-state index contributed by atoms with van der Waals surface area (Å²) in [5.74, 6) is 0. The Hall–Kier alpha value is -1.33. The largest absolute Gasteiger partial charge is 0.394 e. The van der Waals surface area contributed by atoms with Crippen molar-refractivity contribution in [3.8, 4) is 0 Å². The van der Waals surface area contributed by atoms with Crippen molar-refractivity contribution in [2.45, 2.75) is 18.9 Å². The van der Waals surface area contributed by atoms with Gasteiger partial charge in [0.1, 0.15) is 5.69 Å². The molecule has 1 aliphatic rings. The number of nitro groups is 1. The number of hydrogen-bond donors (Lipinski definition) is 1. The van der Waals surface area contributed by atoms with Crippen LogP contribution in [0.25, 0.3) is 0 Å². The van der Waals surface area contributed by atoms with Crippen LogP contribution in [-0.2, 0) is 0 Å². The fourth-order valence-electron chi connectivity index (χ4n) is 2.26. The smallest absolute Gasteiger partial charge is 0.294 e. The Morgan fingerprint density at radius 3 is 3.00 bits per heavy atom. The summed E-state index contributed by atoms with van der Waals surface area (Å²) in [5.41, 5.74) is 0.425. The van der Waals surface area contributed by atoms with Crippen molar-refractivity contribution >= 4 is 23.0 Å². The van der Waals surface area contributed by atoms with E-state index in [1.54, 1.807) is 12.1 Å².